The van der Waals surface area contributed by atoms with Crippen molar-refractivity contribution in [1.82, 2.24) is 5.32 Å². The fraction of sp³-hybridized carbons (Fsp3) is 0.714. The van der Waals surface area contributed by atoms with Crippen LogP contribution in [0.5, 0.6) is 0 Å². The molecule has 0 amide bonds. The topological polar surface area (TPSA) is 12.0 Å². The molecule has 1 N–H and O–H groups in total. The minimum Gasteiger partial charge on any atom is -0.307 e. The van der Waals surface area contributed by atoms with Gasteiger partial charge in [0.05, 0.1) is 0 Å². The maximum absolute atomic E-state index is 3.76. The van der Waals surface area contributed by atoms with Gasteiger partial charge in [0.1, 0.15) is 0 Å². The first-order valence-corrected chi connectivity index (χ1v) is 7.41. The van der Waals surface area contributed by atoms with Gasteiger partial charge in [-0.3, -0.25) is 0 Å². The normalized spacial score (nSPS) is 29.9. The Hall–Kier alpha value is -0.340. The van der Waals surface area contributed by atoms with Crippen LogP contribution in [0.15, 0.2) is 6.07 Å². The van der Waals surface area contributed by atoms with Crippen molar-refractivity contribution < 1.29 is 0 Å². The molecule has 0 saturated heterocycles. The van der Waals surface area contributed by atoms with Gasteiger partial charge in [-0.2, -0.15) is 0 Å². The van der Waals surface area contributed by atoms with E-state index in [9.17, 15) is 0 Å². The number of fused-ring (bicyclic) bond motifs is 1. The average molecular weight is 235 g/mol. The Labute approximate surface area is 102 Å². The molecule has 1 atom stereocenters. The molecule has 0 radical (unpaired) electrons. The molecular formula is C14H21NS. The smallest absolute Gasteiger partial charge is 0.0388 e. The molecular weight excluding hydrogens is 214 g/mol. The fourth-order valence-electron chi connectivity index (χ4n) is 3.04. The predicted molar refractivity (Wildman–Crippen MR) is 70.1 cm³/mol. The minimum absolute atomic E-state index is 0.563. The van der Waals surface area contributed by atoms with Crippen LogP contribution in [-0.2, 0) is 12.8 Å². The summed E-state index contributed by atoms with van der Waals surface area (Å²) in [5, 5.41) is 3.76. The van der Waals surface area contributed by atoms with Crippen LogP contribution in [0.25, 0.3) is 0 Å². The lowest BCUT2D eigenvalue weighted by Crippen LogP contribution is -2.41. The second-order valence-corrected chi connectivity index (χ2v) is 6.78. The molecule has 1 fully saturated rings. The van der Waals surface area contributed by atoms with Gasteiger partial charge in [-0.1, -0.05) is 6.92 Å². The molecule has 0 bridgehead atoms. The Kier molecular flexibility index (Phi) is 2.80. The number of nitrogens with one attached hydrogen (secondary N) is 1. The largest absolute Gasteiger partial charge is 0.307 e. The molecule has 0 aromatic carbocycles. The molecule has 88 valence electrons. The summed E-state index contributed by atoms with van der Waals surface area (Å²) in [6.45, 7) is 4.67. The van der Waals surface area contributed by atoms with Gasteiger partial charge in [-0.15, -0.1) is 11.3 Å². The molecule has 0 aliphatic heterocycles. The second-order valence-electron chi connectivity index (χ2n) is 5.61. The van der Waals surface area contributed by atoms with E-state index in [1.54, 1.807) is 15.3 Å². The molecule has 2 aliphatic rings. The summed E-state index contributed by atoms with van der Waals surface area (Å²) in [7, 11) is 0. The average Bonchev–Trinajstić information content (AvgIpc) is 2.73. The van der Waals surface area contributed by atoms with Crippen LogP contribution in [0.2, 0.25) is 0 Å². The van der Waals surface area contributed by atoms with Crippen molar-refractivity contribution in [2.45, 2.75) is 58.0 Å². The predicted octanol–water partition coefficient (Wildman–Crippen LogP) is 3.69. The van der Waals surface area contributed by atoms with Crippen molar-refractivity contribution in [1.29, 1.82) is 0 Å². The lowest BCUT2D eigenvalue weighted by Gasteiger charge is -2.35. The fourth-order valence-corrected chi connectivity index (χ4v) is 4.31. The molecule has 16 heavy (non-hydrogen) atoms. The number of aryl methyl sites for hydroxylation is 2. The van der Waals surface area contributed by atoms with Crippen molar-refractivity contribution >= 4 is 11.3 Å². The van der Waals surface area contributed by atoms with Crippen molar-refractivity contribution in [3.63, 3.8) is 0 Å². The summed E-state index contributed by atoms with van der Waals surface area (Å²) in [4.78, 5) is 3.22. The molecule has 1 nitrogen and oxygen atoms in total. The van der Waals surface area contributed by atoms with Gasteiger partial charge >= 0.3 is 0 Å². The molecule has 1 heterocycles. The van der Waals surface area contributed by atoms with Gasteiger partial charge in [0.25, 0.3) is 0 Å². The van der Waals surface area contributed by atoms with E-state index in [0.29, 0.717) is 6.04 Å². The van der Waals surface area contributed by atoms with E-state index in [2.05, 4.69) is 25.2 Å². The van der Waals surface area contributed by atoms with Gasteiger partial charge in [0.15, 0.2) is 0 Å². The maximum Gasteiger partial charge on any atom is 0.0388 e. The monoisotopic (exact) mass is 235 g/mol. The molecule has 2 aliphatic carbocycles. The summed E-state index contributed by atoms with van der Waals surface area (Å²) in [6.07, 6.45) is 6.76. The van der Waals surface area contributed by atoms with Crippen molar-refractivity contribution in [2.75, 3.05) is 0 Å². The van der Waals surface area contributed by atoms with Gasteiger partial charge in [-0.05, 0) is 56.6 Å². The zero-order valence-corrected chi connectivity index (χ0v) is 11.1. The van der Waals surface area contributed by atoms with E-state index in [1.165, 1.54) is 32.1 Å². The van der Waals surface area contributed by atoms with Gasteiger partial charge in [-0.25, -0.2) is 0 Å². The summed E-state index contributed by atoms with van der Waals surface area (Å²) >= 11 is 2.04. The first-order chi connectivity index (χ1) is 7.72. The molecule has 1 aromatic rings. The number of thiophene rings is 1. The minimum atomic E-state index is 0.563. The molecule has 2 heteroatoms. The molecule has 1 saturated carbocycles. The first kappa shape index (κ1) is 10.8. The molecule has 0 spiro atoms. The Balaban J connectivity index is 1.63. The van der Waals surface area contributed by atoms with Gasteiger partial charge < -0.3 is 5.32 Å². The molecule has 1 unspecified atom stereocenters. The Morgan fingerprint density at radius 3 is 2.88 bits per heavy atom. The SMILES string of the molecule is CC1CC(NC(C)c2cc3c(s2)CCC3)C1. The number of hydrogen-bond donors (Lipinski definition) is 1. The first-order valence-electron chi connectivity index (χ1n) is 6.60. The quantitative estimate of drug-likeness (QED) is 0.842. The zero-order chi connectivity index (χ0) is 11.1. The van der Waals surface area contributed by atoms with Crippen LogP contribution < -0.4 is 5.32 Å². The van der Waals surface area contributed by atoms with E-state index < -0.39 is 0 Å². The Morgan fingerprint density at radius 1 is 1.38 bits per heavy atom. The van der Waals surface area contributed by atoms with Crippen LogP contribution in [0.3, 0.4) is 0 Å². The lowest BCUT2D eigenvalue weighted by atomic mass is 9.81. The number of hydrogen-bond acceptors (Lipinski definition) is 2. The maximum atomic E-state index is 3.76. The zero-order valence-electron chi connectivity index (χ0n) is 10.3. The molecule has 1 aromatic heterocycles. The lowest BCUT2D eigenvalue weighted by molar-refractivity contribution is 0.227. The van der Waals surface area contributed by atoms with Crippen molar-refractivity contribution in [3.8, 4) is 0 Å². The standard InChI is InChI=1S/C14H21NS/c1-9-6-12(7-9)15-10(2)14-8-11-4-3-5-13(11)16-14/h8-10,12,15H,3-7H2,1-2H3. The Morgan fingerprint density at radius 2 is 2.19 bits per heavy atom. The van der Waals surface area contributed by atoms with Gasteiger partial charge in [0, 0.05) is 21.8 Å². The molecule has 3 rings (SSSR count). The van der Waals surface area contributed by atoms with Crippen LogP contribution in [0.1, 0.15) is 54.5 Å². The van der Waals surface area contributed by atoms with E-state index >= 15 is 0 Å². The van der Waals surface area contributed by atoms with Crippen molar-refractivity contribution in [2.24, 2.45) is 5.92 Å². The van der Waals surface area contributed by atoms with Crippen LogP contribution in [0.4, 0.5) is 0 Å². The summed E-state index contributed by atoms with van der Waals surface area (Å²) < 4.78 is 0. The van der Waals surface area contributed by atoms with E-state index in [0.717, 1.165) is 12.0 Å². The summed E-state index contributed by atoms with van der Waals surface area (Å²) in [5.41, 5.74) is 1.63. The van der Waals surface area contributed by atoms with Crippen LogP contribution >= 0.6 is 11.3 Å². The third-order valence-corrected chi connectivity index (χ3v) is 5.47. The highest BCUT2D eigenvalue weighted by Crippen LogP contribution is 2.35. The Bertz CT molecular complexity index is 355. The summed E-state index contributed by atoms with van der Waals surface area (Å²) in [5.74, 6) is 0.943. The highest BCUT2D eigenvalue weighted by atomic mass is 32.1. The number of rotatable bonds is 3. The third kappa shape index (κ3) is 1.93. The van der Waals surface area contributed by atoms with Crippen LogP contribution in [-0.4, -0.2) is 6.04 Å². The van der Waals surface area contributed by atoms with E-state index in [4.69, 9.17) is 0 Å². The summed E-state index contributed by atoms with van der Waals surface area (Å²) in [6, 6.07) is 3.79. The highest BCUT2D eigenvalue weighted by Gasteiger charge is 2.27. The van der Waals surface area contributed by atoms with Gasteiger partial charge in [0.2, 0.25) is 0 Å². The van der Waals surface area contributed by atoms with E-state index in [-0.39, 0.29) is 0 Å². The van der Waals surface area contributed by atoms with Crippen molar-refractivity contribution in [3.05, 3.63) is 21.4 Å². The van der Waals surface area contributed by atoms with Crippen LogP contribution in [0, 0.1) is 5.92 Å². The second kappa shape index (κ2) is 4.15. The third-order valence-electron chi connectivity index (χ3n) is 4.05. The van der Waals surface area contributed by atoms with E-state index in [1.807, 2.05) is 11.3 Å². The highest BCUT2D eigenvalue weighted by molar-refractivity contribution is 7.12.